The number of hydrogen-bond acceptors (Lipinski definition) is 4. The van der Waals surface area contributed by atoms with Crippen LogP contribution < -0.4 is 5.32 Å². The maximum atomic E-state index is 5.68. The summed E-state index contributed by atoms with van der Waals surface area (Å²) in [6.45, 7) is 6.29. The first-order valence-electron chi connectivity index (χ1n) is 6.80. The third kappa shape index (κ3) is 4.35. The lowest BCUT2D eigenvalue weighted by atomic mass is 10.2. The molecule has 2 rings (SSSR count). The lowest BCUT2D eigenvalue weighted by Crippen LogP contribution is -2.41. The molecular weight excluding hydrogens is 244 g/mol. The fourth-order valence-corrected chi connectivity index (χ4v) is 2.94. The number of nitrogens with zero attached hydrogens (tertiary/aromatic N) is 1. The van der Waals surface area contributed by atoms with E-state index in [0.717, 1.165) is 26.2 Å². The van der Waals surface area contributed by atoms with Crippen molar-refractivity contribution in [3.63, 3.8) is 0 Å². The third-order valence-electron chi connectivity index (χ3n) is 3.59. The maximum Gasteiger partial charge on any atom is 0.0702 e. The molecule has 1 saturated heterocycles. The molecule has 2 heterocycles. The molecule has 1 aromatic rings. The van der Waals surface area contributed by atoms with Crippen molar-refractivity contribution in [2.45, 2.75) is 38.5 Å². The molecule has 1 aromatic heterocycles. The number of nitrogens with one attached hydrogen (secondary N) is 1. The lowest BCUT2D eigenvalue weighted by molar-refractivity contribution is 0.0703. The van der Waals surface area contributed by atoms with Crippen LogP contribution in [0.2, 0.25) is 0 Å². The topological polar surface area (TPSA) is 24.5 Å². The molecule has 3 nitrogen and oxygen atoms in total. The number of thiophene rings is 1. The second kappa shape index (κ2) is 7.24. The van der Waals surface area contributed by atoms with Gasteiger partial charge in [-0.25, -0.2) is 0 Å². The summed E-state index contributed by atoms with van der Waals surface area (Å²) in [7, 11) is 2.19. The summed E-state index contributed by atoms with van der Waals surface area (Å²) in [6.07, 6.45) is 2.90. The van der Waals surface area contributed by atoms with Crippen LogP contribution in [-0.2, 0) is 11.3 Å². The minimum Gasteiger partial charge on any atom is -0.377 e. The van der Waals surface area contributed by atoms with Gasteiger partial charge in [-0.2, -0.15) is 0 Å². The average molecular weight is 268 g/mol. The predicted molar refractivity (Wildman–Crippen MR) is 77.1 cm³/mol. The molecule has 0 radical (unpaired) electrons. The second-order valence-corrected chi connectivity index (χ2v) is 6.17. The molecule has 2 atom stereocenters. The van der Waals surface area contributed by atoms with E-state index in [0.29, 0.717) is 12.1 Å². The fourth-order valence-electron chi connectivity index (χ4n) is 2.26. The van der Waals surface area contributed by atoms with Gasteiger partial charge in [-0.15, -0.1) is 11.3 Å². The molecule has 18 heavy (non-hydrogen) atoms. The van der Waals surface area contributed by atoms with Crippen molar-refractivity contribution < 1.29 is 4.74 Å². The quantitative estimate of drug-likeness (QED) is 0.821. The van der Waals surface area contributed by atoms with Crippen LogP contribution in [0, 0.1) is 0 Å². The number of ether oxygens (including phenoxy) is 1. The highest BCUT2D eigenvalue weighted by molar-refractivity contribution is 7.09. The van der Waals surface area contributed by atoms with Crippen LogP contribution in [0.5, 0.6) is 0 Å². The van der Waals surface area contributed by atoms with Crippen LogP contribution in [-0.4, -0.2) is 43.8 Å². The lowest BCUT2D eigenvalue weighted by Gasteiger charge is -2.27. The second-order valence-electron chi connectivity index (χ2n) is 5.13. The first-order chi connectivity index (χ1) is 8.75. The minimum atomic E-state index is 0.453. The van der Waals surface area contributed by atoms with E-state index in [1.165, 1.54) is 17.7 Å². The van der Waals surface area contributed by atoms with E-state index in [4.69, 9.17) is 4.74 Å². The molecule has 4 heteroatoms. The maximum absolute atomic E-state index is 5.68. The van der Waals surface area contributed by atoms with Crippen LogP contribution in [0.4, 0.5) is 0 Å². The Hall–Kier alpha value is -0.420. The molecule has 1 aliphatic rings. The van der Waals surface area contributed by atoms with Gasteiger partial charge in [0.15, 0.2) is 0 Å². The Labute approximate surface area is 114 Å². The highest BCUT2D eigenvalue weighted by Gasteiger charge is 2.19. The fraction of sp³-hybridized carbons (Fsp3) is 0.714. The molecule has 2 unspecified atom stereocenters. The summed E-state index contributed by atoms with van der Waals surface area (Å²) >= 11 is 1.81. The van der Waals surface area contributed by atoms with Crippen LogP contribution in [0.25, 0.3) is 0 Å². The van der Waals surface area contributed by atoms with Gasteiger partial charge in [-0.3, -0.25) is 4.90 Å². The zero-order chi connectivity index (χ0) is 12.8. The van der Waals surface area contributed by atoms with Crippen molar-refractivity contribution in [2.24, 2.45) is 0 Å². The standard InChI is InChI=1S/C14H24N2OS/c1-12(9-15-10-14-6-4-8-18-14)16(2)11-13-5-3-7-17-13/h4,6,8,12-13,15H,3,5,7,9-11H2,1-2H3. The molecule has 102 valence electrons. The Balaban J connectivity index is 1.62. The Morgan fingerprint density at radius 3 is 3.17 bits per heavy atom. The van der Waals surface area contributed by atoms with Gasteiger partial charge in [0.1, 0.15) is 0 Å². The van der Waals surface area contributed by atoms with Gasteiger partial charge in [0.05, 0.1) is 6.10 Å². The first-order valence-corrected chi connectivity index (χ1v) is 7.68. The Morgan fingerprint density at radius 1 is 1.61 bits per heavy atom. The van der Waals surface area contributed by atoms with Gasteiger partial charge in [0.25, 0.3) is 0 Å². The zero-order valence-corrected chi connectivity index (χ0v) is 12.2. The summed E-state index contributed by atoms with van der Waals surface area (Å²) < 4.78 is 5.68. The summed E-state index contributed by atoms with van der Waals surface area (Å²) in [5.41, 5.74) is 0. The normalized spacial score (nSPS) is 21.6. The summed E-state index contributed by atoms with van der Waals surface area (Å²) in [5, 5.41) is 5.65. The third-order valence-corrected chi connectivity index (χ3v) is 4.46. The SMILES string of the molecule is CC(CNCc1cccs1)N(C)CC1CCCO1. The van der Waals surface area contributed by atoms with Crippen LogP contribution in [0.1, 0.15) is 24.6 Å². The van der Waals surface area contributed by atoms with Crippen molar-refractivity contribution in [1.82, 2.24) is 10.2 Å². The summed E-state index contributed by atoms with van der Waals surface area (Å²) in [6, 6.07) is 4.83. The van der Waals surface area contributed by atoms with Crippen molar-refractivity contribution >= 4 is 11.3 Å². The van der Waals surface area contributed by atoms with E-state index in [1.807, 2.05) is 11.3 Å². The van der Waals surface area contributed by atoms with E-state index >= 15 is 0 Å². The van der Waals surface area contributed by atoms with Gasteiger partial charge < -0.3 is 10.1 Å². The Morgan fingerprint density at radius 2 is 2.50 bits per heavy atom. The molecular formula is C14H24N2OS. The van der Waals surface area contributed by atoms with Crippen LogP contribution >= 0.6 is 11.3 Å². The molecule has 0 spiro atoms. The molecule has 0 aliphatic carbocycles. The van der Waals surface area contributed by atoms with E-state index in [1.54, 1.807) is 0 Å². The van der Waals surface area contributed by atoms with Gasteiger partial charge >= 0.3 is 0 Å². The molecule has 0 saturated carbocycles. The van der Waals surface area contributed by atoms with Crippen molar-refractivity contribution in [2.75, 3.05) is 26.7 Å². The minimum absolute atomic E-state index is 0.453. The molecule has 0 aromatic carbocycles. The average Bonchev–Trinajstić information content (AvgIpc) is 3.01. The van der Waals surface area contributed by atoms with E-state index in [9.17, 15) is 0 Å². The van der Waals surface area contributed by atoms with Gasteiger partial charge in [-0.1, -0.05) is 6.07 Å². The predicted octanol–water partition coefficient (Wildman–Crippen LogP) is 2.34. The Bertz CT molecular complexity index is 323. The number of rotatable bonds is 7. The van der Waals surface area contributed by atoms with Gasteiger partial charge in [0.2, 0.25) is 0 Å². The van der Waals surface area contributed by atoms with Crippen molar-refractivity contribution in [1.29, 1.82) is 0 Å². The van der Waals surface area contributed by atoms with E-state index in [-0.39, 0.29) is 0 Å². The smallest absolute Gasteiger partial charge is 0.0702 e. The summed E-state index contributed by atoms with van der Waals surface area (Å²) in [4.78, 5) is 3.81. The molecule has 0 amide bonds. The monoisotopic (exact) mass is 268 g/mol. The zero-order valence-electron chi connectivity index (χ0n) is 11.4. The van der Waals surface area contributed by atoms with E-state index in [2.05, 4.69) is 41.7 Å². The largest absolute Gasteiger partial charge is 0.377 e. The number of likely N-dealkylation sites (N-methyl/N-ethyl adjacent to an activating group) is 1. The molecule has 1 fully saturated rings. The van der Waals surface area contributed by atoms with E-state index < -0.39 is 0 Å². The van der Waals surface area contributed by atoms with Gasteiger partial charge in [0, 0.05) is 37.2 Å². The van der Waals surface area contributed by atoms with Gasteiger partial charge in [-0.05, 0) is 38.3 Å². The van der Waals surface area contributed by atoms with Crippen LogP contribution in [0.15, 0.2) is 17.5 Å². The van der Waals surface area contributed by atoms with Crippen molar-refractivity contribution in [3.8, 4) is 0 Å². The highest BCUT2D eigenvalue weighted by Crippen LogP contribution is 2.13. The summed E-state index contributed by atoms with van der Waals surface area (Å²) in [5.74, 6) is 0. The molecule has 1 aliphatic heterocycles. The van der Waals surface area contributed by atoms with Crippen LogP contribution in [0.3, 0.4) is 0 Å². The number of hydrogen-bond donors (Lipinski definition) is 1. The Kier molecular flexibility index (Phi) is 5.63. The molecule has 0 bridgehead atoms. The molecule has 1 N–H and O–H groups in total. The first kappa shape index (κ1) is 14.0. The van der Waals surface area contributed by atoms with Crippen molar-refractivity contribution in [3.05, 3.63) is 22.4 Å². The highest BCUT2D eigenvalue weighted by atomic mass is 32.1.